The van der Waals surface area contributed by atoms with Crippen LogP contribution >= 0.6 is 0 Å². The van der Waals surface area contributed by atoms with E-state index in [9.17, 15) is 30.3 Å². The summed E-state index contributed by atoms with van der Waals surface area (Å²) in [5, 5.41) is 54.7. The number of allylic oxidation sites excluding steroid dienone is 3. The van der Waals surface area contributed by atoms with Crippen molar-refractivity contribution in [3.8, 4) is 0 Å². The predicted molar refractivity (Wildman–Crippen MR) is 327 cm³/mol. The largest absolute Gasteiger partial charge is 0.394 e. The molecule has 7 atom stereocenters. The smallest absolute Gasteiger partial charge is 0.220 e. The number of rotatable bonds is 60. The zero-order valence-corrected chi connectivity index (χ0v) is 51.0. The Morgan fingerprint density at radius 2 is 0.727 bits per heavy atom. The fraction of sp³-hybridized carbons (Fsp3) is 0.926. The summed E-state index contributed by atoms with van der Waals surface area (Å²) in [5.41, 5.74) is 0. The van der Waals surface area contributed by atoms with Crippen LogP contribution < -0.4 is 5.32 Å². The third kappa shape index (κ3) is 46.9. The average molecular weight is 1090 g/mol. The van der Waals surface area contributed by atoms with Gasteiger partial charge in [0.25, 0.3) is 0 Å². The van der Waals surface area contributed by atoms with Gasteiger partial charge < -0.3 is 40.3 Å². The fourth-order valence-corrected chi connectivity index (χ4v) is 11.2. The molecule has 1 rings (SSSR count). The van der Waals surface area contributed by atoms with Crippen LogP contribution in [0.4, 0.5) is 0 Å². The molecule has 1 saturated heterocycles. The monoisotopic (exact) mass is 1090 g/mol. The van der Waals surface area contributed by atoms with Gasteiger partial charge >= 0.3 is 0 Å². The average Bonchev–Trinajstić information content (AvgIpc) is 3.43. The molecular weight excluding hydrogens is 959 g/mol. The van der Waals surface area contributed by atoms with Gasteiger partial charge in [-0.25, -0.2) is 0 Å². The second kappa shape index (κ2) is 57.9. The number of carbonyl (C=O) groups is 1. The molecule has 1 fully saturated rings. The number of carbonyl (C=O) groups excluding carboxylic acids is 1. The number of hydrogen-bond donors (Lipinski definition) is 6. The third-order valence-corrected chi connectivity index (χ3v) is 16.5. The lowest BCUT2D eigenvalue weighted by Crippen LogP contribution is -2.60. The van der Waals surface area contributed by atoms with E-state index in [-0.39, 0.29) is 12.5 Å². The van der Waals surface area contributed by atoms with Crippen molar-refractivity contribution in [2.45, 2.75) is 391 Å². The molecule has 0 spiro atoms. The molecule has 7 unspecified atom stereocenters. The first-order chi connectivity index (χ1) is 37.8. The molecule has 6 N–H and O–H groups in total. The lowest BCUT2D eigenvalue weighted by Gasteiger charge is -2.40. The van der Waals surface area contributed by atoms with Gasteiger partial charge in [0.2, 0.25) is 5.91 Å². The highest BCUT2D eigenvalue weighted by Gasteiger charge is 2.44. The summed E-state index contributed by atoms with van der Waals surface area (Å²) in [6.45, 7) is 3.83. The van der Waals surface area contributed by atoms with Crippen LogP contribution in [-0.2, 0) is 14.3 Å². The Hall–Kier alpha value is -1.33. The molecule has 0 bridgehead atoms. The summed E-state index contributed by atoms with van der Waals surface area (Å²) in [4.78, 5) is 13.1. The van der Waals surface area contributed by atoms with Crippen molar-refractivity contribution >= 4 is 5.91 Å². The van der Waals surface area contributed by atoms with Gasteiger partial charge in [-0.05, 0) is 44.9 Å². The minimum absolute atomic E-state index is 0.170. The summed E-state index contributed by atoms with van der Waals surface area (Å²) in [7, 11) is 0. The number of unbranched alkanes of at least 4 members (excludes halogenated alkanes) is 48. The summed E-state index contributed by atoms with van der Waals surface area (Å²) < 4.78 is 11.3. The molecule has 0 aromatic carbocycles. The van der Waals surface area contributed by atoms with E-state index in [4.69, 9.17) is 9.47 Å². The van der Waals surface area contributed by atoms with Crippen LogP contribution in [0.2, 0.25) is 0 Å². The zero-order valence-electron chi connectivity index (χ0n) is 51.0. The molecule has 0 aromatic heterocycles. The number of nitrogens with one attached hydrogen (secondary N) is 1. The molecule has 0 aliphatic carbocycles. The number of aliphatic hydroxyl groups is 5. The van der Waals surface area contributed by atoms with Gasteiger partial charge in [0.1, 0.15) is 24.4 Å². The van der Waals surface area contributed by atoms with Crippen LogP contribution in [0.1, 0.15) is 348 Å². The second-order valence-corrected chi connectivity index (χ2v) is 24.0. The van der Waals surface area contributed by atoms with Gasteiger partial charge in [-0.2, -0.15) is 0 Å². The van der Waals surface area contributed by atoms with Crippen molar-refractivity contribution in [1.29, 1.82) is 0 Å². The zero-order chi connectivity index (χ0) is 55.8. The molecule has 77 heavy (non-hydrogen) atoms. The highest BCUT2D eigenvalue weighted by Crippen LogP contribution is 2.23. The lowest BCUT2D eigenvalue weighted by atomic mass is 9.99. The quantitative estimate of drug-likeness (QED) is 0.0261. The van der Waals surface area contributed by atoms with Gasteiger partial charge in [0.15, 0.2) is 6.29 Å². The van der Waals surface area contributed by atoms with E-state index < -0.39 is 49.5 Å². The fourth-order valence-electron chi connectivity index (χ4n) is 11.2. The molecule has 0 radical (unpaired) electrons. The van der Waals surface area contributed by atoms with Gasteiger partial charge in [0.05, 0.1) is 25.4 Å². The molecule has 456 valence electrons. The van der Waals surface area contributed by atoms with E-state index >= 15 is 0 Å². The van der Waals surface area contributed by atoms with Crippen LogP contribution in [0, 0.1) is 0 Å². The first kappa shape index (κ1) is 73.7. The van der Waals surface area contributed by atoms with Crippen molar-refractivity contribution in [3.63, 3.8) is 0 Å². The number of aliphatic hydroxyl groups excluding tert-OH is 5. The van der Waals surface area contributed by atoms with Crippen molar-refractivity contribution in [2.75, 3.05) is 13.2 Å². The van der Waals surface area contributed by atoms with E-state index in [2.05, 4.69) is 31.3 Å². The van der Waals surface area contributed by atoms with Crippen LogP contribution in [-0.4, -0.2) is 87.5 Å². The molecule has 0 aromatic rings. The second-order valence-electron chi connectivity index (χ2n) is 24.0. The third-order valence-electron chi connectivity index (χ3n) is 16.5. The first-order valence-electron chi connectivity index (χ1n) is 34.1. The first-order valence-corrected chi connectivity index (χ1v) is 34.1. The van der Waals surface area contributed by atoms with Crippen LogP contribution in [0.5, 0.6) is 0 Å². The number of ether oxygens (including phenoxy) is 2. The maximum absolute atomic E-state index is 13.1. The summed E-state index contributed by atoms with van der Waals surface area (Å²) in [6.07, 6.45) is 68.5. The van der Waals surface area contributed by atoms with E-state index in [1.54, 1.807) is 6.08 Å². The Kier molecular flexibility index (Phi) is 55.4. The molecule has 9 nitrogen and oxygen atoms in total. The predicted octanol–water partition coefficient (Wildman–Crippen LogP) is 18.1. The van der Waals surface area contributed by atoms with E-state index in [0.29, 0.717) is 6.42 Å². The standard InChI is InChI=1S/C68H131NO8/c1-3-5-7-9-11-13-15-17-19-21-23-25-27-28-29-30-31-32-33-34-35-36-38-40-42-44-46-48-50-52-54-56-58-64(72)69-61(60-76-68-67(75)66(74)65(73)63(59-70)77-68)62(71)57-55-53-51-49-47-45-43-41-39-37-26-24-22-20-18-16-14-12-10-8-6-4-2/h28-29,55,57,61-63,65-68,70-71,73-75H,3-27,30-54,56,58-60H2,1-2H3,(H,69,72)/b29-28-,57-55+. The molecule has 1 aliphatic heterocycles. The Morgan fingerprint density at radius 1 is 0.429 bits per heavy atom. The number of amides is 1. The van der Waals surface area contributed by atoms with E-state index in [0.717, 1.165) is 38.5 Å². The van der Waals surface area contributed by atoms with Crippen LogP contribution in [0.3, 0.4) is 0 Å². The maximum atomic E-state index is 13.1. The highest BCUT2D eigenvalue weighted by atomic mass is 16.7. The minimum atomic E-state index is -1.57. The van der Waals surface area contributed by atoms with Gasteiger partial charge in [-0.15, -0.1) is 0 Å². The van der Waals surface area contributed by atoms with Crippen molar-refractivity contribution < 1.29 is 39.8 Å². The van der Waals surface area contributed by atoms with E-state index in [1.165, 1.54) is 289 Å². The Morgan fingerprint density at radius 3 is 1.05 bits per heavy atom. The van der Waals surface area contributed by atoms with E-state index in [1.807, 2.05) is 6.08 Å². The minimum Gasteiger partial charge on any atom is -0.394 e. The molecule has 1 heterocycles. The number of hydrogen-bond acceptors (Lipinski definition) is 8. The maximum Gasteiger partial charge on any atom is 0.220 e. The Bertz CT molecular complexity index is 1260. The molecule has 9 heteroatoms. The molecular formula is C68H131NO8. The van der Waals surface area contributed by atoms with Gasteiger partial charge in [-0.1, -0.05) is 321 Å². The van der Waals surface area contributed by atoms with Crippen LogP contribution in [0.15, 0.2) is 24.3 Å². The normalized spacial score (nSPS) is 18.8. The highest BCUT2D eigenvalue weighted by molar-refractivity contribution is 5.76. The molecule has 0 saturated carbocycles. The van der Waals surface area contributed by atoms with Crippen molar-refractivity contribution in [2.24, 2.45) is 0 Å². The topological polar surface area (TPSA) is 149 Å². The van der Waals surface area contributed by atoms with Crippen molar-refractivity contribution in [3.05, 3.63) is 24.3 Å². The summed E-state index contributed by atoms with van der Waals surface area (Å²) in [5.74, 6) is -0.170. The molecule has 1 aliphatic rings. The van der Waals surface area contributed by atoms with Crippen molar-refractivity contribution in [1.82, 2.24) is 5.32 Å². The summed E-state index contributed by atoms with van der Waals surface area (Å²) >= 11 is 0. The Labute approximate surface area is 477 Å². The SMILES string of the molecule is CCCCCCCCCCCCCC/C=C\CCCCCCCCCCCCCCCCCCC(=O)NC(COC1OC(CO)C(O)C(O)C1O)C(O)/C=C/CCCCCCCCCCCCCCCCCCCCCC. The Balaban J connectivity index is 2.12. The molecule has 1 amide bonds. The lowest BCUT2D eigenvalue weighted by molar-refractivity contribution is -0.302. The van der Waals surface area contributed by atoms with Crippen LogP contribution in [0.25, 0.3) is 0 Å². The van der Waals surface area contributed by atoms with Gasteiger partial charge in [0, 0.05) is 6.42 Å². The summed E-state index contributed by atoms with van der Waals surface area (Å²) in [6, 6.07) is -0.804. The van der Waals surface area contributed by atoms with Gasteiger partial charge in [-0.3, -0.25) is 4.79 Å².